The normalized spacial score (nSPS) is 10.7. The Morgan fingerprint density at radius 2 is 2.20 bits per heavy atom. The van der Waals surface area contributed by atoms with Crippen LogP contribution >= 0.6 is 11.8 Å². The molecular formula is C13H13N5OS. The zero-order valence-electron chi connectivity index (χ0n) is 10.8. The van der Waals surface area contributed by atoms with Crippen LogP contribution in [0.5, 0.6) is 5.75 Å². The summed E-state index contributed by atoms with van der Waals surface area (Å²) in [5.41, 5.74) is 3.34. The molecule has 0 bridgehead atoms. The first-order valence-electron chi connectivity index (χ1n) is 5.93. The number of hydrazine groups is 1. The fourth-order valence-corrected chi connectivity index (χ4v) is 2.85. The maximum absolute atomic E-state index is 5.45. The van der Waals surface area contributed by atoms with E-state index < -0.39 is 0 Å². The Bertz CT molecular complexity index is 742. The van der Waals surface area contributed by atoms with Crippen LogP contribution in [-0.4, -0.2) is 21.5 Å². The molecule has 0 aliphatic carbocycles. The number of nitrogens with two attached hydrogens (primary N) is 1. The Hall–Kier alpha value is -2.25. The van der Waals surface area contributed by atoms with Crippen LogP contribution in [0.4, 0.5) is 5.82 Å². The van der Waals surface area contributed by atoms with Gasteiger partial charge in [-0.2, -0.15) is 0 Å². The van der Waals surface area contributed by atoms with Crippen LogP contribution < -0.4 is 16.0 Å². The molecule has 0 saturated carbocycles. The van der Waals surface area contributed by atoms with Gasteiger partial charge in [-0.05, 0) is 12.1 Å². The lowest BCUT2D eigenvalue weighted by atomic mass is 10.3. The highest BCUT2D eigenvalue weighted by molar-refractivity contribution is 7.99. The predicted molar refractivity (Wildman–Crippen MR) is 77.9 cm³/mol. The number of anilines is 1. The summed E-state index contributed by atoms with van der Waals surface area (Å²) in [6, 6.07) is 7.78. The topological polar surface area (TPSA) is 77.5 Å². The minimum absolute atomic E-state index is 0.577. The molecule has 3 rings (SSSR count). The lowest BCUT2D eigenvalue weighted by Gasteiger charge is -2.09. The predicted octanol–water partition coefficient (Wildman–Crippen LogP) is 2.17. The van der Waals surface area contributed by atoms with Gasteiger partial charge >= 0.3 is 0 Å². The summed E-state index contributed by atoms with van der Waals surface area (Å²) in [4.78, 5) is 9.74. The molecule has 102 valence electrons. The summed E-state index contributed by atoms with van der Waals surface area (Å²) in [5, 5.41) is 0.759. The van der Waals surface area contributed by atoms with Crippen LogP contribution in [0.1, 0.15) is 0 Å². The maximum Gasteiger partial charge on any atom is 0.170 e. The van der Waals surface area contributed by atoms with Gasteiger partial charge in [-0.15, -0.1) is 0 Å². The molecule has 0 saturated heterocycles. The smallest absolute Gasteiger partial charge is 0.170 e. The average molecular weight is 287 g/mol. The molecule has 7 heteroatoms. The van der Waals surface area contributed by atoms with Crippen LogP contribution in [0.3, 0.4) is 0 Å². The summed E-state index contributed by atoms with van der Waals surface area (Å²) >= 11 is 1.49. The van der Waals surface area contributed by atoms with Crippen molar-refractivity contribution in [1.82, 2.24) is 14.4 Å². The first-order chi connectivity index (χ1) is 9.81. The van der Waals surface area contributed by atoms with E-state index in [0.29, 0.717) is 5.82 Å². The Balaban J connectivity index is 2.07. The monoisotopic (exact) mass is 287 g/mol. The van der Waals surface area contributed by atoms with E-state index in [1.165, 1.54) is 11.8 Å². The molecule has 20 heavy (non-hydrogen) atoms. The van der Waals surface area contributed by atoms with Crippen LogP contribution in [0, 0.1) is 0 Å². The molecular weight excluding hydrogens is 274 g/mol. The van der Waals surface area contributed by atoms with Gasteiger partial charge in [0.05, 0.1) is 18.2 Å². The van der Waals surface area contributed by atoms with E-state index in [4.69, 9.17) is 10.6 Å². The van der Waals surface area contributed by atoms with Gasteiger partial charge in [-0.1, -0.05) is 23.9 Å². The third kappa shape index (κ3) is 2.28. The molecule has 0 unspecified atom stereocenters. The molecule has 0 fully saturated rings. The molecule has 0 spiro atoms. The number of nitrogens with one attached hydrogen (secondary N) is 1. The van der Waals surface area contributed by atoms with Crippen molar-refractivity contribution in [1.29, 1.82) is 0 Å². The highest BCUT2D eigenvalue weighted by Crippen LogP contribution is 2.35. The van der Waals surface area contributed by atoms with Crippen molar-refractivity contribution in [2.45, 2.75) is 9.92 Å². The highest BCUT2D eigenvalue weighted by atomic mass is 32.2. The summed E-state index contributed by atoms with van der Waals surface area (Å²) in [5.74, 6) is 6.83. The third-order valence-corrected chi connectivity index (χ3v) is 3.79. The number of para-hydroxylation sites is 1. The van der Waals surface area contributed by atoms with Crippen molar-refractivity contribution in [3.05, 3.63) is 42.9 Å². The number of aromatic nitrogens is 3. The van der Waals surface area contributed by atoms with Crippen molar-refractivity contribution in [2.24, 2.45) is 5.84 Å². The standard InChI is InChI=1S/C13H13N5OS/c1-19-9-4-2-3-5-10(9)20-13-12-15-6-7-18(12)8-11(16-13)17-14/h2-8,17H,14H2,1H3. The number of ether oxygens (including phenoxy) is 1. The number of nitrogen functional groups attached to an aromatic ring is 1. The second-order valence-corrected chi connectivity index (χ2v) is 5.02. The van der Waals surface area contributed by atoms with Crippen molar-refractivity contribution in [3.8, 4) is 5.75 Å². The molecule has 3 N–H and O–H groups in total. The number of benzene rings is 1. The second kappa shape index (κ2) is 5.40. The van der Waals surface area contributed by atoms with E-state index in [9.17, 15) is 0 Å². The van der Waals surface area contributed by atoms with Gasteiger partial charge in [-0.25, -0.2) is 15.8 Å². The minimum atomic E-state index is 0.577. The number of methoxy groups -OCH3 is 1. The molecule has 0 aliphatic rings. The largest absolute Gasteiger partial charge is 0.496 e. The Morgan fingerprint density at radius 3 is 3.00 bits per heavy atom. The Morgan fingerprint density at radius 1 is 1.35 bits per heavy atom. The SMILES string of the molecule is COc1ccccc1Sc1nc(NN)cn2ccnc12. The van der Waals surface area contributed by atoms with Gasteiger partial charge in [0, 0.05) is 12.4 Å². The van der Waals surface area contributed by atoms with Crippen LogP contribution in [0.2, 0.25) is 0 Å². The van der Waals surface area contributed by atoms with Gasteiger partial charge in [0.15, 0.2) is 11.5 Å². The van der Waals surface area contributed by atoms with E-state index in [0.717, 1.165) is 21.3 Å². The van der Waals surface area contributed by atoms with Gasteiger partial charge in [-0.3, -0.25) is 0 Å². The molecule has 6 nitrogen and oxygen atoms in total. The average Bonchev–Trinajstić information content (AvgIpc) is 2.96. The second-order valence-electron chi connectivity index (χ2n) is 3.99. The number of imidazole rings is 1. The highest BCUT2D eigenvalue weighted by Gasteiger charge is 2.11. The molecule has 0 amide bonds. The van der Waals surface area contributed by atoms with Gasteiger partial charge in [0.1, 0.15) is 10.8 Å². The zero-order valence-corrected chi connectivity index (χ0v) is 11.6. The zero-order chi connectivity index (χ0) is 13.9. The lowest BCUT2D eigenvalue weighted by molar-refractivity contribution is 0.405. The molecule has 0 radical (unpaired) electrons. The number of fused-ring (bicyclic) bond motifs is 1. The molecule has 2 heterocycles. The summed E-state index contributed by atoms with van der Waals surface area (Å²) in [7, 11) is 1.65. The van der Waals surface area contributed by atoms with Crippen LogP contribution in [0.25, 0.3) is 5.65 Å². The fraction of sp³-hybridized carbons (Fsp3) is 0.0769. The minimum Gasteiger partial charge on any atom is -0.496 e. The molecule has 1 aromatic carbocycles. The van der Waals surface area contributed by atoms with Crippen molar-refractivity contribution in [2.75, 3.05) is 12.5 Å². The fourth-order valence-electron chi connectivity index (χ4n) is 1.85. The third-order valence-electron chi connectivity index (χ3n) is 2.77. The van der Waals surface area contributed by atoms with Crippen LogP contribution in [-0.2, 0) is 0 Å². The van der Waals surface area contributed by atoms with E-state index in [2.05, 4.69) is 15.4 Å². The first kappa shape index (κ1) is 12.8. The lowest BCUT2D eigenvalue weighted by Crippen LogP contribution is -2.10. The summed E-state index contributed by atoms with van der Waals surface area (Å²) in [6.45, 7) is 0. The number of hydrogen-bond donors (Lipinski definition) is 2. The summed E-state index contributed by atoms with van der Waals surface area (Å²) < 4.78 is 7.23. The first-order valence-corrected chi connectivity index (χ1v) is 6.74. The van der Waals surface area contributed by atoms with Gasteiger partial charge < -0.3 is 14.6 Å². The van der Waals surface area contributed by atoms with Gasteiger partial charge in [0.25, 0.3) is 0 Å². The molecule has 3 aromatic rings. The molecule has 2 aromatic heterocycles. The number of hydrogen-bond acceptors (Lipinski definition) is 6. The van der Waals surface area contributed by atoms with E-state index in [1.807, 2.05) is 34.9 Å². The Labute approximate surface area is 120 Å². The van der Waals surface area contributed by atoms with E-state index in [-0.39, 0.29) is 0 Å². The van der Waals surface area contributed by atoms with E-state index >= 15 is 0 Å². The number of nitrogens with zero attached hydrogens (tertiary/aromatic N) is 3. The Kier molecular flexibility index (Phi) is 3.44. The van der Waals surface area contributed by atoms with Crippen LogP contribution in [0.15, 0.2) is 52.8 Å². The van der Waals surface area contributed by atoms with Crippen molar-refractivity contribution >= 4 is 23.2 Å². The number of rotatable bonds is 4. The van der Waals surface area contributed by atoms with E-state index in [1.54, 1.807) is 19.5 Å². The maximum atomic E-state index is 5.45. The van der Waals surface area contributed by atoms with Crippen molar-refractivity contribution in [3.63, 3.8) is 0 Å². The summed E-state index contributed by atoms with van der Waals surface area (Å²) in [6.07, 6.45) is 5.36. The van der Waals surface area contributed by atoms with Crippen molar-refractivity contribution < 1.29 is 4.74 Å². The quantitative estimate of drug-likeness (QED) is 0.565. The molecule has 0 aliphatic heterocycles. The van der Waals surface area contributed by atoms with Gasteiger partial charge in [0.2, 0.25) is 0 Å². The molecule has 0 atom stereocenters.